The van der Waals surface area contributed by atoms with Crippen molar-refractivity contribution in [1.29, 1.82) is 0 Å². The number of carbonyl (C=O) groups excluding carboxylic acids is 2. The van der Waals surface area contributed by atoms with Gasteiger partial charge in [0.05, 0.1) is 37.6 Å². The summed E-state index contributed by atoms with van der Waals surface area (Å²) in [7, 11) is 4.96. The Balaban J connectivity index is 1.32. The number of carbonyl (C=O) groups is 2. The van der Waals surface area contributed by atoms with Crippen LogP contribution in [0.2, 0.25) is 0 Å². The van der Waals surface area contributed by atoms with Gasteiger partial charge in [-0.1, -0.05) is 6.07 Å². The number of hydrogen-bond acceptors (Lipinski definition) is 15. The molecular weight excluding hydrogens is 719 g/mol. The fourth-order valence-electron chi connectivity index (χ4n) is 10.00. The predicted octanol–water partition coefficient (Wildman–Crippen LogP) is 3.41. The molecule has 3 aromatic carbocycles. The number of aryl methyl sites for hydroxylation is 1. The van der Waals surface area contributed by atoms with Crippen molar-refractivity contribution in [2.75, 3.05) is 47.0 Å². The number of phenols is 2. The zero-order valence-corrected chi connectivity index (χ0v) is 31.7. The molecule has 7 atom stereocenters. The second-order valence-corrected chi connectivity index (χ2v) is 16.1. The number of nitrogens with zero attached hydrogens (tertiary/aromatic N) is 2. The van der Waals surface area contributed by atoms with E-state index in [4.69, 9.17) is 28.4 Å². The van der Waals surface area contributed by atoms with Crippen LogP contribution in [0.25, 0.3) is 0 Å². The normalized spacial score (nSPS) is 29.4. The van der Waals surface area contributed by atoms with E-state index in [2.05, 4.69) is 10.2 Å². The highest BCUT2D eigenvalue weighted by molar-refractivity contribution is 7.99. The lowest BCUT2D eigenvalue weighted by molar-refractivity contribution is -0.186. The summed E-state index contributed by atoms with van der Waals surface area (Å²) in [6, 6.07) is 3.13. The number of fused-ring (bicyclic) bond motifs is 9. The Morgan fingerprint density at radius 3 is 2.54 bits per heavy atom. The SMILES string of the molecule is COc1cc2c(cc1O)CCN[C@]21CSC2c3c(OC(C)=O)c(C)c4c(c3[C@H](COC1=O)N1[C@@H](O)C3Cc5cc(C)c(OC)c(O)c5[C@H]([C@H]21)N3C)OCO4. The minimum Gasteiger partial charge on any atom is -0.504 e. The number of thioether (sulfide) groups is 1. The highest BCUT2D eigenvalue weighted by Crippen LogP contribution is 2.64. The van der Waals surface area contributed by atoms with Crippen molar-refractivity contribution >= 4 is 23.7 Å². The summed E-state index contributed by atoms with van der Waals surface area (Å²) in [5.41, 5.74) is 4.36. The Hall–Kier alpha value is -4.41. The third-order valence-electron chi connectivity index (χ3n) is 12.3. The molecule has 0 saturated carbocycles. The number of aliphatic hydroxyl groups excluding tert-OH is 1. The summed E-state index contributed by atoms with van der Waals surface area (Å²) < 4.78 is 35.9. The number of methoxy groups -OCH3 is 2. The van der Waals surface area contributed by atoms with Crippen LogP contribution in [0.5, 0.6) is 40.2 Å². The molecule has 0 aromatic heterocycles. The molecular formula is C39H43N3O11S. The first-order valence-electron chi connectivity index (χ1n) is 18.1. The van der Waals surface area contributed by atoms with Gasteiger partial charge in [-0.2, -0.15) is 0 Å². The van der Waals surface area contributed by atoms with E-state index in [1.54, 1.807) is 12.1 Å². The minimum atomic E-state index is -1.36. The summed E-state index contributed by atoms with van der Waals surface area (Å²) in [6.07, 6.45) is -0.0282. The molecule has 15 heteroatoms. The maximum Gasteiger partial charge on any atom is 0.331 e. The molecule has 7 heterocycles. The first-order chi connectivity index (χ1) is 25.9. The van der Waals surface area contributed by atoms with E-state index >= 15 is 0 Å². The Labute approximate surface area is 316 Å². The summed E-state index contributed by atoms with van der Waals surface area (Å²) in [6.45, 7) is 5.26. The molecule has 286 valence electrons. The number of aromatic hydroxyl groups is 2. The quantitative estimate of drug-likeness (QED) is 0.226. The predicted molar refractivity (Wildman–Crippen MR) is 195 cm³/mol. The van der Waals surface area contributed by atoms with Crippen LogP contribution < -0.4 is 29.0 Å². The summed E-state index contributed by atoms with van der Waals surface area (Å²) in [5, 5.41) is 38.2. The lowest BCUT2D eigenvalue weighted by atomic mass is 9.73. The number of likely N-dealkylation sites (N-methyl/N-ethyl adjacent to an activating group) is 1. The van der Waals surface area contributed by atoms with Gasteiger partial charge in [0.15, 0.2) is 40.0 Å². The van der Waals surface area contributed by atoms with Crippen LogP contribution in [0.15, 0.2) is 18.2 Å². The van der Waals surface area contributed by atoms with Crippen molar-refractivity contribution in [1.82, 2.24) is 15.1 Å². The van der Waals surface area contributed by atoms with Gasteiger partial charge in [0.25, 0.3) is 0 Å². The standard InChI is InChI=1S/C39H43N3O11S/c1-16-9-20-10-22-37(46)42-23-13-50-38(47)39(21-12-25(48-5)24(44)11-19(21)7-8-40-39)14-54-36(30(42)29(41(22)4)26(20)31(45)32(16)49-6)28-27(23)35-34(51-15-52-35)17(2)33(28)53-18(3)43/h9,11-12,22-23,29-30,36-37,40,44-46H,7-8,10,13-15H2,1-6H3/t22?,23-,29+,30+,36?,37-,39+/m0/s1. The fraction of sp³-hybridized carbons (Fsp3) is 0.487. The second-order valence-electron chi connectivity index (χ2n) is 14.9. The molecule has 0 aliphatic carbocycles. The van der Waals surface area contributed by atoms with Gasteiger partial charge in [-0.3, -0.25) is 19.9 Å². The van der Waals surface area contributed by atoms with Crippen molar-refractivity contribution in [2.45, 2.75) is 74.8 Å². The number of aliphatic hydroxyl groups is 1. The van der Waals surface area contributed by atoms with E-state index in [1.807, 2.05) is 31.9 Å². The van der Waals surface area contributed by atoms with Gasteiger partial charge in [0, 0.05) is 47.5 Å². The molecule has 7 aliphatic heterocycles. The number of esters is 2. The maximum absolute atomic E-state index is 14.7. The van der Waals surface area contributed by atoms with Crippen LogP contribution in [0, 0.1) is 13.8 Å². The van der Waals surface area contributed by atoms with Crippen molar-refractivity contribution in [3.05, 3.63) is 62.7 Å². The number of phenolic OH excluding ortho intramolecular Hbond substituents is 2. The molecule has 7 aliphatic rings. The first-order valence-corrected chi connectivity index (χ1v) is 19.1. The molecule has 10 rings (SSSR count). The van der Waals surface area contributed by atoms with E-state index in [-0.39, 0.29) is 42.4 Å². The average molecular weight is 762 g/mol. The van der Waals surface area contributed by atoms with Crippen molar-refractivity contribution < 1.29 is 53.3 Å². The van der Waals surface area contributed by atoms with Crippen LogP contribution in [0.1, 0.15) is 68.8 Å². The first kappa shape index (κ1) is 35.3. The molecule has 54 heavy (non-hydrogen) atoms. The molecule has 0 radical (unpaired) electrons. The molecule has 2 fully saturated rings. The topological polar surface area (TPSA) is 169 Å². The van der Waals surface area contributed by atoms with E-state index in [0.717, 1.165) is 16.7 Å². The van der Waals surface area contributed by atoms with Gasteiger partial charge >= 0.3 is 11.9 Å². The summed E-state index contributed by atoms with van der Waals surface area (Å²) >= 11 is 1.47. The molecule has 4 N–H and O–H groups in total. The van der Waals surface area contributed by atoms with Gasteiger partial charge in [-0.25, -0.2) is 4.79 Å². The van der Waals surface area contributed by atoms with Crippen LogP contribution in [-0.4, -0.2) is 102 Å². The van der Waals surface area contributed by atoms with Crippen LogP contribution in [0.4, 0.5) is 0 Å². The number of nitrogens with one attached hydrogen (secondary N) is 1. The maximum atomic E-state index is 14.7. The van der Waals surface area contributed by atoms with Crippen molar-refractivity contribution in [3.63, 3.8) is 0 Å². The zero-order valence-electron chi connectivity index (χ0n) is 30.8. The van der Waals surface area contributed by atoms with Crippen LogP contribution in [0.3, 0.4) is 0 Å². The largest absolute Gasteiger partial charge is 0.504 e. The van der Waals surface area contributed by atoms with Gasteiger partial charge in [0.1, 0.15) is 18.6 Å². The lowest BCUT2D eigenvalue weighted by Crippen LogP contribution is -2.70. The van der Waals surface area contributed by atoms with E-state index in [1.165, 1.54) is 32.9 Å². The molecule has 1 spiro atoms. The fourth-order valence-corrected chi connectivity index (χ4v) is 11.7. The van der Waals surface area contributed by atoms with Crippen LogP contribution in [-0.2, 0) is 32.7 Å². The molecule has 4 bridgehead atoms. The monoisotopic (exact) mass is 761 g/mol. The third-order valence-corrected chi connectivity index (χ3v) is 13.7. The highest BCUT2D eigenvalue weighted by atomic mass is 32.2. The molecule has 2 unspecified atom stereocenters. The van der Waals surface area contributed by atoms with Gasteiger partial charge < -0.3 is 43.7 Å². The third kappa shape index (κ3) is 4.74. The number of benzene rings is 3. The van der Waals surface area contributed by atoms with E-state index in [9.17, 15) is 24.9 Å². The Bertz CT molecular complexity index is 2130. The zero-order chi connectivity index (χ0) is 38.0. The summed E-state index contributed by atoms with van der Waals surface area (Å²) in [4.78, 5) is 31.7. The van der Waals surface area contributed by atoms with Gasteiger partial charge in [-0.15, -0.1) is 11.8 Å². The lowest BCUT2D eigenvalue weighted by Gasteiger charge is -2.62. The molecule has 0 amide bonds. The Morgan fingerprint density at radius 1 is 1.02 bits per heavy atom. The Kier molecular flexibility index (Phi) is 8.21. The molecule has 2 saturated heterocycles. The number of hydrogen-bond donors (Lipinski definition) is 4. The Morgan fingerprint density at radius 2 is 1.80 bits per heavy atom. The number of piperazine rings is 1. The minimum absolute atomic E-state index is 0.0226. The highest BCUT2D eigenvalue weighted by Gasteiger charge is 2.61. The van der Waals surface area contributed by atoms with Crippen LogP contribution >= 0.6 is 11.8 Å². The second kappa shape index (κ2) is 12.6. The smallest absolute Gasteiger partial charge is 0.331 e. The van der Waals surface area contributed by atoms with Gasteiger partial charge in [-0.05, 0) is 68.1 Å². The van der Waals surface area contributed by atoms with Crippen molar-refractivity contribution in [2.24, 2.45) is 0 Å². The average Bonchev–Trinajstić information content (AvgIpc) is 3.63. The molecule has 14 nitrogen and oxygen atoms in total. The number of ether oxygens (including phenoxy) is 6. The molecule has 3 aromatic rings. The van der Waals surface area contributed by atoms with Gasteiger partial charge in [0.2, 0.25) is 6.79 Å². The van der Waals surface area contributed by atoms with Crippen molar-refractivity contribution in [3.8, 4) is 40.2 Å². The number of rotatable bonds is 3. The van der Waals surface area contributed by atoms with E-state index in [0.29, 0.717) is 70.2 Å². The summed E-state index contributed by atoms with van der Waals surface area (Å²) in [5.74, 6) is 0.949. The van der Waals surface area contributed by atoms with E-state index < -0.39 is 47.1 Å².